The first-order valence-corrected chi connectivity index (χ1v) is 7.08. The van der Waals surface area contributed by atoms with Crippen LogP contribution in [-0.4, -0.2) is 67.7 Å². The maximum absolute atomic E-state index is 11.5. The van der Waals surface area contributed by atoms with Crippen molar-refractivity contribution in [1.82, 2.24) is 15.1 Å². The third-order valence-corrected chi connectivity index (χ3v) is 3.13. The van der Waals surface area contributed by atoms with Gasteiger partial charge < -0.3 is 15.0 Å². The number of piperazine rings is 1. The van der Waals surface area contributed by atoms with Gasteiger partial charge in [-0.1, -0.05) is 6.92 Å². The van der Waals surface area contributed by atoms with Crippen molar-refractivity contribution in [3.8, 4) is 0 Å². The van der Waals surface area contributed by atoms with E-state index in [9.17, 15) is 9.59 Å². The second-order valence-electron chi connectivity index (χ2n) is 4.63. The number of nitrogens with zero attached hydrogens (tertiary/aromatic N) is 2. The molecule has 0 aromatic rings. The zero-order valence-electron chi connectivity index (χ0n) is 12.0. The van der Waals surface area contributed by atoms with E-state index in [1.807, 2.05) is 13.8 Å². The van der Waals surface area contributed by atoms with Crippen LogP contribution in [0.2, 0.25) is 0 Å². The lowest BCUT2D eigenvalue weighted by atomic mass is 10.3. The highest BCUT2D eigenvalue weighted by Gasteiger charge is 2.21. The summed E-state index contributed by atoms with van der Waals surface area (Å²) in [7, 11) is 0. The molecular formula is C13H25N3O3. The summed E-state index contributed by atoms with van der Waals surface area (Å²) in [4.78, 5) is 26.9. The van der Waals surface area contributed by atoms with Gasteiger partial charge in [-0.05, 0) is 13.3 Å². The molecule has 1 saturated heterocycles. The Hall–Kier alpha value is -1.30. The van der Waals surface area contributed by atoms with Gasteiger partial charge in [0.25, 0.3) is 0 Å². The second kappa shape index (κ2) is 8.74. The van der Waals surface area contributed by atoms with E-state index < -0.39 is 0 Å². The molecule has 1 aliphatic rings. The minimum atomic E-state index is -0.233. The molecule has 1 fully saturated rings. The Bertz CT molecular complexity index is 289. The number of hydrogen-bond acceptors (Lipinski definition) is 4. The maximum Gasteiger partial charge on any atom is 0.409 e. The first kappa shape index (κ1) is 15.8. The van der Waals surface area contributed by atoms with Crippen molar-refractivity contribution in [2.75, 3.05) is 45.9 Å². The molecule has 6 nitrogen and oxygen atoms in total. The van der Waals surface area contributed by atoms with Crippen LogP contribution in [0.5, 0.6) is 0 Å². The summed E-state index contributed by atoms with van der Waals surface area (Å²) in [6.45, 7) is 8.72. The number of nitrogens with one attached hydrogen (secondary N) is 1. The number of carbonyl (C=O) groups is 2. The molecule has 0 aromatic carbocycles. The van der Waals surface area contributed by atoms with Crippen LogP contribution in [0, 0.1) is 0 Å². The summed E-state index contributed by atoms with van der Waals surface area (Å²) in [5.74, 6) is 0.106. The van der Waals surface area contributed by atoms with E-state index in [2.05, 4.69) is 10.2 Å². The third-order valence-electron chi connectivity index (χ3n) is 3.13. The summed E-state index contributed by atoms with van der Waals surface area (Å²) in [5, 5.41) is 2.87. The highest BCUT2D eigenvalue weighted by atomic mass is 16.6. The van der Waals surface area contributed by atoms with E-state index in [-0.39, 0.29) is 12.0 Å². The molecule has 0 spiro atoms. The molecule has 0 aromatic heterocycles. The monoisotopic (exact) mass is 271 g/mol. The summed E-state index contributed by atoms with van der Waals surface area (Å²) < 4.78 is 4.96. The predicted molar refractivity (Wildman–Crippen MR) is 73.0 cm³/mol. The summed E-state index contributed by atoms with van der Waals surface area (Å²) in [6, 6.07) is 0. The maximum atomic E-state index is 11.5. The molecule has 1 rings (SSSR count). The van der Waals surface area contributed by atoms with Gasteiger partial charge in [0.15, 0.2) is 0 Å². The summed E-state index contributed by atoms with van der Waals surface area (Å²) in [5.41, 5.74) is 0. The van der Waals surface area contributed by atoms with Crippen molar-refractivity contribution in [2.24, 2.45) is 0 Å². The van der Waals surface area contributed by atoms with Crippen LogP contribution in [0.15, 0.2) is 0 Å². The zero-order chi connectivity index (χ0) is 14.1. The predicted octanol–water partition coefficient (Wildman–Crippen LogP) is 0.677. The fraction of sp³-hybridized carbons (Fsp3) is 0.846. The molecule has 19 heavy (non-hydrogen) atoms. The Labute approximate surface area is 115 Å². The molecule has 2 amide bonds. The lowest BCUT2D eigenvalue weighted by molar-refractivity contribution is -0.121. The van der Waals surface area contributed by atoms with E-state index >= 15 is 0 Å². The van der Waals surface area contributed by atoms with E-state index in [4.69, 9.17) is 4.74 Å². The molecule has 1 heterocycles. The lowest BCUT2D eigenvalue weighted by Gasteiger charge is -2.33. The van der Waals surface area contributed by atoms with Crippen molar-refractivity contribution in [3.05, 3.63) is 0 Å². The van der Waals surface area contributed by atoms with Crippen LogP contribution in [0.3, 0.4) is 0 Å². The quantitative estimate of drug-likeness (QED) is 0.771. The lowest BCUT2D eigenvalue weighted by Crippen LogP contribution is -2.49. The zero-order valence-corrected chi connectivity index (χ0v) is 12.0. The van der Waals surface area contributed by atoms with E-state index in [1.165, 1.54) is 0 Å². The van der Waals surface area contributed by atoms with Crippen LogP contribution in [-0.2, 0) is 9.53 Å². The first-order chi connectivity index (χ1) is 9.17. The molecule has 0 aliphatic carbocycles. The summed E-state index contributed by atoms with van der Waals surface area (Å²) >= 11 is 0. The normalized spacial score (nSPS) is 16.2. The number of hydrogen-bond donors (Lipinski definition) is 1. The number of carbonyl (C=O) groups excluding carboxylic acids is 2. The van der Waals surface area contributed by atoms with Crippen molar-refractivity contribution in [2.45, 2.75) is 26.7 Å². The molecule has 6 heteroatoms. The van der Waals surface area contributed by atoms with Gasteiger partial charge in [0.2, 0.25) is 5.91 Å². The Morgan fingerprint density at radius 2 is 1.84 bits per heavy atom. The largest absolute Gasteiger partial charge is 0.450 e. The highest BCUT2D eigenvalue weighted by molar-refractivity contribution is 5.76. The molecule has 0 radical (unpaired) electrons. The molecule has 1 N–H and O–H groups in total. The molecule has 0 saturated carbocycles. The van der Waals surface area contributed by atoms with Crippen molar-refractivity contribution < 1.29 is 14.3 Å². The van der Waals surface area contributed by atoms with E-state index in [0.29, 0.717) is 26.1 Å². The molecule has 0 atom stereocenters. The number of ether oxygens (including phenoxy) is 1. The van der Waals surface area contributed by atoms with Crippen molar-refractivity contribution in [3.63, 3.8) is 0 Å². The Balaban J connectivity index is 2.16. The minimum absolute atomic E-state index is 0.106. The molecule has 0 unspecified atom stereocenters. The Morgan fingerprint density at radius 1 is 1.16 bits per heavy atom. The average molecular weight is 271 g/mol. The van der Waals surface area contributed by atoms with Crippen LogP contribution < -0.4 is 5.32 Å². The van der Waals surface area contributed by atoms with Gasteiger partial charge in [0, 0.05) is 45.7 Å². The third kappa shape index (κ3) is 5.92. The van der Waals surface area contributed by atoms with Crippen LogP contribution in [0.1, 0.15) is 26.7 Å². The molecule has 110 valence electrons. The number of amides is 2. The van der Waals surface area contributed by atoms with Gasteiger partial charge in [-0.2, -0.15) is 0 Å². The number of rotatable bonds is 6. The van der Waals surface area contributed by atoms with Crippen LogP contribution in [0.4, 0.5) is 4.79 Å². The molecule has 0 bridgehead atoms. The Morgan fingerprint density at radius 3 is 2.42 bits per heavy atom. The van der Waals surface area contributed by atoms with Gasteiger partial charge >= 0.3 is 6.09 Å². The van der Waals surface area contributed by atoms with Gasteiger partial charge in [0.05, 0.1) is 6.61 Å². The highest BCUT2D eigenvalue weighted by Crippen LogP contribution is 2.04. The standard InChI is InChI=1S/C13H25N3O3/c1-3-6-14-12(17)5-7-15-8-10-16(11-9-15)13(18)19-4-2/h3-11H2,1-2H3,(H,14,17). The SMILES string of the molecule is CCCNC(=O)CCN1CCN(C(=O)OCC)CC1. The van der Waals surface area contributed by atoms with Gasteiger partial charge in [-0.15, -0.1) is 0 Å². The first-order valence-electron chi connectivity index (χ1n) is 7.08. The fourth-order valence-electron chi connectivity index (χ4n) is 1.98. The van der Waals surface area contributed by atoms with Crippen molar-refractivity contribution in [1.29, 1.82) is 0 Å². The smallest absolute Gasteiger partial charge is 0.409 e. The summed E-state index contributed by atoms with van der Waals surface area (Å²) in [6.07, 6.45) is 1.26. The van der Waals surface area contributed by atoms with Crippen molar-refractivity contribution >= 4 is 12.0 Å². The average Bonchev–Trinajstić information content (AvgIpc) is 2.43. The van der Waals surface area contributed by atoms with Gasteiger partial charge in [-0.3, -0.25) is 9.69 Å². The molecule has 1 aliphatic heterocycles. The topological polar surface area (TPSA) is 61.9 Å². The second-order valence-corrected chi connectivity index (χ2v) is 4.63. The van der Waals surface area contributed by atoms with Gasteiger partial charge in [-0.25, -0.2) is 4.79 Å². The van der Waals surface area contributed by atoms with Crippen LogP contribution >= 0.6 is 0 Å². The van der Waals surface area contributed by atoms with Crippen LogP contribution in [0.25, 0.3) is 0 Å². The fourth-order valence-corrected chi connectivity index (χ4v) is 1.98. The minimum Gasteiger partial charge on any atom is -0.450 e. The van der Waals surface area contributed by atoms with Gasteiger partial charge in [0.1, 0.15) is 0 Å². The van der Waals surface area contributed by atoms with E-state index in [0.717, 1.165) is 32.6 Å². The van der Waals surface area contributed by atoms with E-state index in [1.54, 1.807) is 4.90 Å². The molecular weight excluding hydrogens is 246 g/mol. The Kier molecular flexibility index (Phi) is 7.25.